The number of carbonyl (C=O) groups excluding carboxylic acids is 1. The van der Waals surface area contributed by atoms with E-state index in [-0.39, 0.29) is 5.91 Å². The van der Waals surface area contributed by atoms with Crippen LogP contribution in [0.2, 0.25) is 0 Å². The summed E-state index contributed by atoms with van der Waals surface area (Å²) in [7, 11) is 0. The van der Waals surface area contributed by atoms with Crippen LogP contribution in [-0.2, 0) is 4.79 Å². The Labute approximate surface area is 89.7 Å². The maximum Gasteiger partial charge on any atom is 0.228 e. The number of benzene rings is 1. The van der Waals surface area contributed by atoms with Crippen LogP contribution in [0.5, 0.6) is 0 Å². The third kappa shape index (κ3) is 1.54. The van der Waals surface area contributed by atoms with Crippen LogP contribution < -0.4 is 5.32 Å². The van der Waals surface area contributed by atoms with E-state index in [4.69, 9.17) is 0 Å². The molecule has 2 unspecified atom stereocenters. The second-order valence-electron chi connectivity index (χ2n) is 4.64. The van der Waals surface area contributed by atoms with E-state index in [0.717, 1.165) is 5.69 Å². The van der Waals surface area contributed by atoms with Gasteiger partial charge in [0.05, 0.1) is 0 Å². The minimum absolute atomic E-state index is 0.232. The summed E-state index contributed by atoms with van der Waals surface area (Å²) in [6, 6.07) is 9.74. The quantitative estimate of drug-likeness (QED) is 0.783. The summed E-state index contributed by atoms with van der Waals surface area (Å²) in [6.45, 7) is 0. The largest absolute Gasteiger partial charge is 0.326 e. The van der Waals surface area contributed by atoms with Gasteiger partial charge in [-0.3, -0.25) is 4.79 Å². The van der Waals surface area contributed by atoms with Gasteiger partial charge in [0.1, 0.15) is 0 Å². The summed E-state index contributed by atoms with van der Waals surface area (Å²) in [5.74, 6) is 1.96. The van der Waals surface area contributed by atoms with Crippen molar-refractivity contribution in [3.8, 4) is 0 Å². The molecule has 0 saturated heterocycles. The van der Waals surface area contributed by atoms with Gasteiger partial charge in [-0.1, -0.05) is 24.6 Å². The Balaban J connectivity index is 1.63. The first-order chi connectivity index (χ1) is 7.36. The van der Waals surface area contributed by atoms with Gasteiger partial charge in [0.15, 0.2) is 0 Å². The van der Waals surface area contributed by atoms with Crippen molar-refractivity contribution in [2.45, 2.75) is 19.3 Å². The molecular formula is C13H15NO. The number of para-hydroxylation sites is 1. The van der Waals surface area contributed by atoms with Crippen LogP contribution in [0.1, 0.15) is 19.3 Å². The molecular weight excluding hydrogens is 186 g/mol. The number of nitrogens with one attached hydrogen (secondary N) is 1. The molecule has 0 bridgehead atoms. The number of hydrogen-bond donors (Lipinski definition) is 1. The number of amides is 1. The highest BCUT2D eigenvalue weighted by Crippen LogP contribution is 2.57. The molecule has 2 aliphatic rings. The van der Waals surface area contributed by atoms with Gasteiger partial charge in [0, 0.05) is 11.6 Å². The average molecular weight is 201 g/mol. The molecule has 2 aliphatic carbocycles. The zero-order valence-electron chi connectivity index (χ0n) is 8.65. The van der Waals surface area contributed by atoms with Crippen molar-refractivity contribution in [1.82, 2.24) is 0 Å². The van der Waals surface area contributed by atoms with Crippen LogP contribution >= 0.6 is 0 Å². The summed E-state index contributed by atoms with van der Waals surface area (Å²) >= 11 is 0. The zero-order valence-corrected chi connectivity index (χ0v) is 8.65. The highest BCUT2D eigenvalue weighted by molar-refractivity contribution is 5.94. The number of rotatable bonds is 2. The molecule has 1 N–H and O–H groups in total. The van der Waals surface area contributed by atoms with Crippen LogP contribution in [0.25, 0.3) is 0 Å². The highest BCUT2D eigenvalue weighted by atomic mass is 16.2. The van der Waals surface area contributed by atoms with Gasteiger partial charge in [0.2, 0.25) is 5.91 Å². The molecule has 15 heavy (non-hydrogen) atoms. The molecule has 78 valence electrons. The number of fused-ring (bicyclic) bond motifs is 1. The Hall–Kier alpha value is -1.31. The van der Waals surface area contributed by atoms with E-state index >= 15 is 0 Å². The van der Waals surface area contributed by atoms with Crippen LogP contribution in [0, 0.1) is 17.8 Å². The summed E-state index contributed by atoms with van der Waals surface area (Å²) in [4.78, 5) is 11.9. The van der Waals surface area contributed by atoms with Crippen molar-refractivity contribution in [2.24, 2.45) is 17.8 Å². The van der Waals surface area contributed by atoms with E-state index in [1.54, 1.807) is 0 Å². The molecule has 2 heteroatoms. The maximum atomic E-state index is 11.9. The lowest BCUT2D eigenvalue weighted by Gasteiger charge is -2.05. The first-order valence-electron chi connectivity index (χ1n) is 5.72. The van der Waals surface area contributed by atoms with E-state index < -0.39 is 0 Å². The lowest BCUT2D eigenvalue weighted by Crippen LogP contribution is -2.16. The Morgan fingerprint density at radius 2 is 1.80 bits per heavy atom. The first-order valence-corrected chi connectivity index (χ1v) is 5.72. The van der Waals surface area contributed by atoms with Crippen molar-refractivity contribution >= 4 is 11.6 Å². The molecule has 0 heterocycles. The van der Waals surface area contributed by atoms with Crippen LogP contribution in [0.3, 0.4) is 0 Å². The highest BCUT2D eigenvalue weighted by Gasteiger charge is 2.56. The molecule has 2 fully saturated rings. The summed E-state index contributed by atoms with van der Waals surface area (Å²) < 4.78 is 0. The zero-order chi connectivity index (χ0) is 10.3. The molecule has 0 spiro atoms. The van der Waals surface area contributed by atoms with Crippen molar-refractivity contribution in [3.05, 3.63) is 30.3 Å². The van der Waals surface area contributed by atoms with Gasteiger partial charge in [-0.05, 0) is 36.8 Å². The van der Waals surface area contributed by atoms with E-state index in [2.05, 4.69) is 5.32 Å². The average Bonchev–Trinajstić information content (AvgIpc) is 2.75. The molecule has 2 nitrogen and oxygen atoms in total. The van der Waals surface area contributed by atoms with Crippen molar-refractivity contribution in [2.75, 3.05) is 5.32 Å². The predicted molar refractivity (Wildman–Crippen MR) is 59.4 cm³/mol. The lowest BCUT2D eigenvalue weighted by atomic mass is 10.1. The van der Waals surface area contributed by atoms with Crippen molar-refractivity contribution in [3.63, 3.8) is 0 Å². The molecule has 1 aromatic carbocycles. The molecule has 0 aliphatic heterocycles. The Kier molecular flexibility index (Phi) is 2.01. The topological polar surface area (TPSA) is 29.1 Å². The Morgan fingerprint density at radius 3 is 2.47 bits per heavy atom. The smallest absolute Gasteiger partial charge is 0.228 e. The second-order valence-corrected chi connectivity index (χ2v) is 4.64. The summed E-state index contributed by atoms with van der Waals surface area (Å²) in [5, 5.41) is 2.99. The Bertz CT molecular complexity index is 363. The third-order valence-corrected chi connectivity index (χ3v) is 3.75. The Morgan fingerprint density at radius 1 is 1.13 bits per heavy atom. The van der Waals surface area contributed by atoms with Gasteiger partial charge >= 0.3 is 0 Å². The van der Waals surface area contributed by atoms with Gasteiger partial charge in [-0.2, -0.15) is 0 Å². The molecule has 2 atom stereocenters. The molecule has 0 radical (unpaired) electrons. The minimum Gasteiger partial charge on any atom is -0.326 e. The van der Waals surface area contributed by atoms with Crippen molar-refractivity contribution < 1.29 is 4.79 Å². The molecule has 1 amide bonds. The van der Waals surface area contributed by atoms with Crippen LogP contribution in [-0.4, -0.2) is 5.91 Å². The fourth-order valence-electron chi connectivity index (χ4n) is 2.96. The van der Waals surface area contributed by atoms with E-state index in [0.29, 0.717) is 17.8 Å². The molecule has 0 aromatic heterocycles. The third-order valence-electron chi connectivity index (χ3n) is 3.75. The van der Waals surface area contributed by atoms with E-state index in [1.165, 1.54) is 19.3 Å². The first kappa shape index (κ1) is 8.96. The number of anilines is 1. The number of hydrogen-bond acceptors (Lipinski definition) is 1. The normalized spacial score (nSPS) is 32.1. The number of carbonyl (C=O) groups is 1. The van der Waals surface area contributed by atoms with Gasteiger partial charge in [-0.15, -0.1) is 0 Å². The van der Waals surface area contributed by atoms with Gasteiger partial charge in [-0.25, -0.2) is 0 Å². The minimum atomic E-state index is 0.232. The molecule has 2 saturated carbocycles. The van der Waals surface area contributed by atoms with E-state index in [9.17, 15) is 4.79 Å². The van der Waals surface area contributed by atoms with Crippen LogP contribution in [0.4, 0.5) is 5.69 Å². The monoisotopic (exact) mass is 201 g/mol. The molecule has 3 rings (SSSR count). The maximum absolute atomic E-state index is 11.9. The summed E-state index contributed by atoms with van der Waals surface area (Å²) in [5.41, 5.74) is 0.924. The fraction of sp³-hybridized carbons (Fsp3) is 0.462. The van der Waals surface area contributed by atoms with E-state index in [1.807, 2.05) is 30.3 Å². The lowest BCUT2D eigenvalue weighted by molar-refractivity contribution is -0.118. The van der Waals surface area contributed by atoms with Crippen molar-refractivity contribution in [1.29, 1.82) is 0 Å². The van der Waals surface area contributed by atoms with Gasteiger partial charge in [0.25, 0.3) is 0 Å². The fourth-order valence-corrected chi connectivity index (χ4v) is 2.96. The SMILES string of the molecule is O=C(Nc1ccccc1)C1C2CCCC21. The second kappa shape index (κ2) is 3.37. The summed E-state index contributed by atoms with van der Waals surface area (Å²) in [6.07, 6.45) is 3.85. The predicted octanol–water partition coefficient (Wildman–Crippen LogP) is 2.67. The standard InChI is InChI=1S/C13H15NO/c15-13(12-10-7-4-8-11(10)12)14-9-5-2-1-3-6-9/h1-3,5-6,10-12H,4,7-8H2,(H,14,15). The van der Waals surface area contributed by atoms with Gasteiger partial charge < -0.3 is 5.32 Å². The van der Waals surface area contributed by atoms with Crippen LogP contribution in [0.15, 0.2) is 30.3 Å². The molecule has 1 aromatic rings.